The lowest BCUT2D eigenvalue weighted by atomic mass is 10.1. The van der Waals surface area contributed by atoms with E-state index in [1.54, 1.807) is 19.9 Å². The number of carbonyl (C=O) groups excluding carboxylic acids is 2. The maximum atomic E-state index is 12.3. The number of carbonyl (C=O) groups is 2. The smallest absolute Gasteiger partial charge is 0.238 e. The van der Waals surface area contributed by atoms with E-state index in [2.05, 4.69) is 15.8 Å². The van der Waals surface area contributed by atoms with Gasteiger partial charge in [-0.15, -0.1) is 11.8 Å². The minimum absolute atomic E-state index is 0.0883. The van der Waals surface area contributed by atoms with Crippen LogP contribution in [0.25, 0.3) is 0 Å². The standard InChI is InChI=1S/C20H27N3O4S/c1-12(2)26-17-8-6-7-16(10-17)14(4)21-19(24)11-28-15(5)20(25)22-18-9-13(3)27-23-18/h6-10,12,14-15H,11H2,1-5H3,(H,21,24)(H,22,23,25). The molecular formula is C20H27N3O4S. The topological polar surface area (TPSA) is 93.5 Å². The number of rotatable bonds is 9. The average molecular weight is 406 g/mol. The molecule has 1 heterocycles. The average Bonchev–Trinajstić information content (AvgIpc) is 3.04. The van der Waals surface area contributed by atoms with E-state index in [1.807, 2.05) is 45.0 Å². The van der Waals surface area contributed by atoms with Gasteiger partial charge < -0.3 is 19.9 Å². The van der Waals surface area contributed by atoms with Gasteiger partial charge in [-0.1, -0.05) is 17.3 Å². The Morgan fingerprint density at radius 2 is 1.96 bits per heavy atom. The first-order valence-electron chi connectivity index (χ1n) is 9.16. The first-order chi connectivity index (χ1) is 13.2. The molecule has 0 aliphatic heterocycles. The fraction of sp³-hybridized carbons (Fsp3) is 0.450. The van der Waals surface area contributed by atoms with Crippen molar-refractivity contribution in [1.82, 2.24) is 10.5 Å². The molecule has 2 amide bonds. The lowest BCUT2D eigenvalue weighted by Gasteiger charge is -2.17. The molecule has 28 heavy (non-hydrogen) atoms. The normalized spacial score (nSPS) is 13.1. The fourth-order valence-electron chi connectivity index (χ4n) is 2.43. The number of aromatic nitrogens is 1. The van der Waals surface area contributed by atoms with Crippen LogP contribution < -0.4 is 15.4 Å². The predicted octanol–water partition coefficient (Wildman–Crippen LogP) is 3.71. The number of hydrogen-bond acceptors (Lipinski definition) is 6. The van der Waals surface area contributed by atoms with Crippen molar-refractivity contribution in [2.75, 3.05) is 11.1 Å². The summed E-state index contributed by atoms with van der Waals surface area (Å²) in [4.78, 5) is 24.4. The lowest BCUT2D eigenvalue weighted by molar-refractivity contribution is -0.119. The van der Waals surface area contributed by atoms with Crippen molar-refractivity contribution >= 4 is 29.4 Å². The van der Waals surface area contributed by atoms with Crippen LogP contribution in [0.3, 0.4) is 0 Å². The van der Waals surface area contributed by atoms with E-state index in [-0.39, 0.29) is 29.7 Å². The van der Waals surface area contributed by atoms with Crippen LogP contribution in [0.5, 0.6) is 5.75 Å². The highest BCUT2D eigenvalue weighted by atomic mass is 32.2. The molecule has 0 fully saturated rings. The molecule has 0 saturated carbocycles. The summed E-state index contributed by atoms with van der Waals surface area (Å²) in [6.07, 6.45) is 0.0883. The van der Waals surface area contributed by atoms with Crippen LogP contribution in [0.1, 0.15) is 45.1 Å². The third kappa shape index (κ3) is 6.92. The van der Waals surface area contributed by atoms with E-state index in [0.717, 1.165) is 11.3 Å². The predicted molar refractivity (Wildman–Crippen MR) is 111 cm³/mol. The van der Waals surface area contributed by atoms with Gasteiger partial charge in [0.15, 0.2) is 5.82 Å². The number of anilines is 1. The van der Waals surface area contributed by atoms with Crippen molar-refractivity contribution in [2.24, 2.45) is 0 Å². The largest absolute Gasteiger partial charge is 0.491 e. The Bertz CT molecular complexity index is 806. The molecule has 152 valence electrons. The second-order valence-corrected chi connectivity index (χ2v) is 8.12. The fourth-order valence-corrected chi connectivity index (χ4v) is 3.12. The van der Waals surface area contributed by atoms with Gasteiger partial charge in [0.1, 0.15) is 11.5 Å². The van der Waals surface area contributed by atoms with Crippen LogP contribution in [0, 0.1) is 6.92 Å². The van der Waals surface area contributed by atoms with Gasteiger partial charge in [-0.25, -0.2) is 0 Å². The maximum Gasteiger partial charge on any atom is 0.238 e. The number of ether oxygens (including phenoxy) is 1. The minimum atomic E-state index is -0.402. The summed E-state index contributed by atoms with van der Waals surface area (Å²) >= 11 is 1.26. The van der Waals surface area contributed by atoms with E-state index < -0.39 is 5.25 Å². The summed E-state index contributed by atoms with van der Waals surface area (Å²) in [5, 5.41) is 8.94. The van der Waals surface area contributed by atoms with Crippen molar-refractivity contribution in [2.45, 2.75) is 52.0 Å². The highest BCUT2D eigenvalue weighted by Gasteiger charge is 2.18. The third-order valence-electron chi connectivity index (χ3n) is 3.82. The number of hydrogen-bond donors (Lipinski definition) is 2. The number of nitrogens with zero attached hydrogens (tertiary/aromatic N) is 1. The second-order valence-electron chi connectivity index (χ2n) is 6.79. The first-order valence-corrected chi connectivity index (χ1v) is 10.2. The molecule has 1 aromatic heterocycles. The number of benzene rings is 1. The molecule has 2 aromatic rings. The molecule has 0 bridgehead atoms. The van der Waals surface area contributed by atoms with Gasteiger partial charge in [-0.05, 0) is 52.3 Å². The van der Waals surface area contributed by atoms with E-state index in [1.165, 1.54) is 11.8 Å². The Hall–Kier alpha value is -2.48. The molecule has 2 atom stereocenters. The first kappa shape index (κ1) is 21.8. The molecule has 0 aliphatic carbocycles. The molecular weight excluding hydrogens is 378 g/mol. The summed E-state index contributed by atoms with van der Waals surface area (Å²) in [5.74, 6) is 1.58. The summed E-state index contributed by atoms with van der Waals surface area (Å²) in [6, 6.07) is 9.15. The van der Waals surface area contributed by atoms with E-state index in [0.29, 0.717) is 11.6 Å². The van der Waals surface area contributed by atoms with Crippen LogP contribution in [0.4, 0.5) is 5.82 Å². The number of aryl methyl sites for hydroxylation is 1. The molecule has 2 N–H and O–H groups in total. The van der Waals surface area contributed by atoms with Crippen LogP contribution in [0.2, 0.25) is 0 Å². The van der Waals surface area contributed by atoms with Crippen molar-refractivity contribution < 1.29 is 18.8 Å². The highest BCUT2D eigenvalue weighted by molar-refractivity contribution is 8.01. The van der Waals surface area contributed by atoms with Crippen LogP contribution in [-0.4, -0.2) is 34.1 Å². The molecule has 8 heteroatoms. The molecule has 0 saturated heterocycles. The zero-order valence-electron chi connectivity index (χ0n) is 16.8. The highest BCUT2D eigenvalue weighted by Crippen LogP contribution is 2.21. The van der Waals surface area contributed by atoms with Crippen molar-refractivity contribution in [3.8, 4) is 5.75 Å². The van der Waals surface area contributed by atoms with E-state index in [9.17, 15) is 9.59 Å². The third-order valence-corrected chi connectivity index (χ3v) is 4.96. The molecule has 0 aliphatic rings. The van der Waals surface area contributed by atoms with Crippen LogP contribution >= 0.6 is 11.8 Å². The van der Waals surface area contributed by atoms with Crippen molar-refractivity contribution in [3.05, 3.63) is 41.7 Å². The van der Waals surface area contributed by atoms with Gasteiger partial charge in [-0.2, -0.15) is 0 Å². The Kier molecular flexibility index (Phi) is 7.92. The second kappa shape index (κ2) is 10.2. The SMILES string of the molecule is Cc1cc(NC(=O)C(C)SCC(=O)NC(C)c2cccc(OC(C)C)c2)no1. The maximum absolute atomic E-state index is 12.3. The number of thioether (sulfide) groups is 1. The summed E-state index contributed by atoms with van der Waals surface area (Å²) in [5.41, 5.74) is 0.962. The zero-order valence-corrected chi connectivity index (χ0v) is 17.6. The molecule has 2 rings (SSSR count). The van der Waals surface area contributed by atoms with Gasteiger partial charge >= 0.3 is 0 Å². The molecule has 0 radical (unpaired) electrons. The summed E-state index contributed by atoms with van der Waals surface area (Å²) in [7, 11) is 0. The van der Waals surface area contributed by atoms with Gasteiger partial charge in [0, 0.05) is 6.07 Å². The zero-order chi connectivity index (χ0) is 20.7. The minimum Gasteiger partial charge on any atom is -0.491 e. The molecule has 2 unspecified atom stereocenters. The van der Waals surface area contributed by atoms with E-state index >= 15 is 0 Å². The quantitative estimate of drug-likeness (QED) is 0.661. The summed E-state index contributed by atoms with van der Waals surface area (Å²) < 4.78 is 10.6. The Morgan fingerprint density at radius 3 is 2.61 bits per heavy atom. The Morgan fingerprint density at radius 1 is 1.21 bits per heavy atom. The van der Waals surface area contributed by atoms with Gasteiger partial charge in [0.25, 0.3) is 0 Å². The van der Waals surface area contributed by atoms with Crippen LogP contribution in [0.15, 0.2) is 34.9 Å². The Balaban J connectivity index is 1.80. The molecule has 1 aromatic carbocycles. The number of amides is 2. The van der Waals surface area contributed by atoms with Gasteiger partial charge in [0.2, 0.25) is 11.8 Å². The van der Waals surface area contributed by atoms with Crippen molar-refractivity contribution in [3.63, 3.8) is 0 Å². The van der Waals surface area contributed by atoms with Crippen molar-refractivity contribution in [1.29, 1.82) is 0 Å². The Labute approximate surface area is 169 Å². The van der Waals surface area contributed by atoms with Gasteiger partial charge in [-0.3, -0.25) is 9.59 Å². The number of nitrogens with one attached hydrogen (secondary N) is 2. The monoisotopic (exact) mass is 405 g/mol. The van der Waals surface area contributed by atoms with E-state index in [4.69, 9.17) is 9.26 Å². The van der Waals surface area contributed by atoms with Crippen LogP contribution in [-0.2, 0) is 9.59 Å². The van der Waals surface area contributed by atoms with Gasteiger partial charge in [0.05, 0.1) is 23.1 Å². The molecule has 0 spiro atoms. The lowest BCUT2D eigenvalue weighted by Crippen LogP contribution is -2.30. The molecule has 7 nitrogen and oxygen atoms in total. The summed E-state index contributed by atoms with van der Waals surface area (Å²) in [6.45, 7) is 9.35.